The fourth-order valence-corrected chi connectivity index (χ4v) is 2.11. The Morgan fingerprint density at radius 3 is 2.65 bits per heavy atom. The molecule has 0 bridgehead atoms. The number of aromatic nitrogens is 3. The fraction of sp³-hybridized carbons (Fsp3) is 0.571. The molecule has 0 radical (unpaired) electrons. The minimum atomic E-state index is -3.33. The zero-order chi connectivity index (χ0) is 13.2. The van der Waals surface area contributed by atoms with Crippen LogP contribution < -0.4 is 5.84 Å². The van der Waals surface area contributed by atoms with E-state index in [-0.39, 0.29) is 16.7 Å². The summed E-state index contributed by atoms with van der Waals surface area (Å²) < 4.78 is 23.6. The van der Waals surface area contributed by atoms with Crippen molar-refractivity contribution in [1.82, 2.24) is 14.9 Å². The predicted octanol–water partition coefficient (Wildman–Crippen LogP) is -0.726. The van der Waals surface area contributed by atoms with Crippen molar-refractivity contribution in [3.05, 3.63) is 5.82 Å². The largest absolute Gasteiger partial charge is 0.481 e. The second kappa shape index (κ2) is 4.92. The fourth-order valence-electron chi connectivity index (χ4n) is 0.982. The van der Waals surface area contributed by atoms with Gasteiger partial charge >= 0.3 is 5.97 Å². The van der Waals surface area contributed by atoms with Crippen molar-refractivity contribution in [2.45, 2.75) is 17.3 Å². The smallest absolute Gasteiger partial charge is 0.313 e. The molecule has 0 saturated carbocycles. The van der Waals surface area contributed by atoms with Crippen molar-refractivity contribution in [2.75, 3.05) is 17.9 Å². The highest BCUT2D eigenvalue weighted by Crippen LogP contribution is 2.22. The Hall–Kier alpha value is -1.29. The van der Waals surface area contributed by atoms with Crippen LogP contribution in [0.3, 0.4) is 0 Å². The maximum Gasteiger partial charge on any atom is 0.313 e. The summed E-state index contributed by atoms with van der Waals surface area (Å²) in [7, 11) is -3.33. The molecule has 0 aliphatic rings. The Morgan fingerprint density at radius 1 is 1.59 bits per heavy atom. The zero-order valence-electron chi connectivity index (χ0n) is 9.19. The lowest BCUT2D eigenvalue weighted by Crippen LogP contribution is -2.20. The number of sulfone groups is 1. The number of carboxylic acid groups (broad SMARTS) is 1. The molecular formula is C7H12N4O4S2. The summed E-state index contributed by atoms with van der Waals surface area (Å²) in [5, 5.41) is 15.1. The minimum absolute atomic E-state index is 0.0837. The van der Waals surface area contributed by atoms with Gasteiger partial charge in [-0.05, 0) is 6.92 Å². The van der Waals surface area contributed by atoms with Crippen molar-refractivity contribution in [3.63, 3.8) is 0 Å². The summed E-state index contributed by atoms with van der Waals surface area (Å²) in [5.41, 5.74) is 0. The first kappa shape index (κ1) is 13.8. The highest BCUT2D eigenvalue weighted by atomic mass is 32.2. The third-order valence-electron chi connectivity index (χ3n) is 2.02. The van der Waals surface area contributed by atoms with E-state index in [2.05, 4.69) is 10.2 Å². The Balaban J connectivity index is 2.95. The van der Waals surface area contributed by atoms with E-state index in [1.807, 2.05) is 0 Å². The molecule has 3 N–H and O–H groups in total. The Bertz CT molecular complexity index is 524. The maximum absolute atomic E-state index is 11.3. The van der Waals surface area contributed by atoms with E-state index < -0.39 is 21.1 Å². The van der Waals surface area contributed by atoms with Gasteiger partial charge in [0.1, 0.15) is 5.25 Å². The van der Waals surface area contributed by atoms with Crippen LogP contribution >= 0.6 is 11.8 Å². The second-order valence-electron chi connectivity index (χ2n) is 3.36. The molecule has 1 aromatic heterocycles. The number of thioether (sulfide) groups is 1. The Morgan fingerprint density at radius 2 is 2.18 bits per heavy atom. The molecule has 96 valence electrons. The van der Waals surface area contributed by atoms with E-state index in [9.17, 15) is 13.2 Å². The first-order valence-corrected chi connectivity index (χ1v) is 7.41. The lowest BCUT2D eigenvalue weighted by molar-refractivity contribution is -0.133. The molecule has 0 saturated heterocycles. The Labute approximate surface area is 102 Å². The summed E-state index contributed by atoms with van der Waals surface area (Å²) in [6.45, 7) is 1.44. The normalized spacial score (nSPS) is 13.5. The van der Waals surface area contributed by atoms with Crippen LogP contribution in [-0.2, 0) is 14.6 Å². The van der Waals surface area contributed by atoms with Crippen molar-refractivity contribution < 1.29 is 18.3 Å². The van der Waals surface area contributed by atoms with Crippen LogP contribution in [0.15, 0.2) is 5.16 Å². The molecule has 10 heteroatoms. The molecule has 0 amide bonds. The quantitative estimate of drug-likeness (QED) is 0.534. The number of hydrogen-bond acceptors (Lipinski definition) is 7. The third kappa shape index (κ3) is 3.33. The molecule has 0 aliphatic carbocycles. The topological polar surface area (TPSA) is 128 Å². The monoisotopic (exact) mass is 280 g/mol. The van der Waals surface area contributed by atoms with Crippen molar-refractivity contribution in [3.8, 4) is 0 Å². The molecule has 1 heterocycles. The first-order valence-electron chi connectivity index (χ1n) is 4.47. The molecule has 17 heavy (non-hydrogen) atoms. The van der Waals surface area contributed by atoms with Gasteiger partial charge in [-0.25, -0.2) is 13.1 Å². The number of aliphatic carboxylic acids is 1. The SMILES string of the molecule is CC(c1nnc(SCC(=O)O)n1N)S(C)(=O)=O. The van der Waals surface area contributed by atoms with Crippen molar-refractivity contribution in [1.29, 1.82) is 0 Å². The summed E-state index contributed by atoms with van der Waals surface area (Å²) in [6, 6.07) is 0. The second-order valence-corrected chi connectivity index (χ2v) is 6.67. The molecule has 0 fully saturated rings. The first-order chi connectivity index (χ1) is 7.73. The van der Waals surface area contributed by atoms with Gasteiger partial charge in [0.25, 0.3) is 0 Å². The van der Waals surface area contributed by atoms with Gasteiger partial charge in [0.15, 0.2) is 15.7 Å². The number of rotatable bonds is 5. The van der Waals surface area contributed by atoms with E-state index in [4.69, 9.17) is 10.9 Å². The van der Waals surface area contributed by atoms with Gasteiger partial charge in [0, 0.05) is 6.26 Å². The van der Waals surface area contributed by atoms with E-state index in [0.717, 1.165) is 22.7 Å². The lowest BCUT2D eigenvalue weighted by Gasteiger charge is -2.08. The van der Waals surface area contributed by atoms with Crippen LogP contribution in [0.1, 0.15) is 18.0 Å². The average Bonchev–Trinajstić information content (AvgIpc) is 2.54. The Kier molecular flexibility index (Phi) is 3.98. The lowest BCUT2D eigenvalue weighted by atomic mass is 10.4. The van der Waals surface area contributed by atoms with Crippen LogP contribution in [0.4, 0.5) is 0 Å². The van der Waals surface area contributed by atoms with Crippen LogP contribution in [0.5, 0.6) is 0 Å². The van der Waals surface area contributed by atoms with Crippen LogP contribution in [0.25, 0.3) is 0 Å². The number of nitrogens with zero attached hydrogens (tertiary/aromatic N) is 3. The number of carboxylic acids is 1. The molecule has 1 atom stereocenters. The van der Waals surface area contributed by atoms with E-state index in [0.29, 0.717) is 0 Å². The van der Waals surface area contributed by atoms with E-state index >= 15 is 0 Å². The average molecular weight is 280 g/mol. The van der Waals surface area contributed by atoms with Crippen LogP contribution in [0, 0.1) is 0 Å². The molecule has 0 aliphatic heterocycles. The van der Waals surface area contributed by atoms with Gasteiger partial charge in [0.2, 0.25) is 5.16 Å². The van der Waals surface area contributed by atoms with Gasteiger partial charge in [-0.15, -0.1) is 10.2 Å². The number of nitrogen functional groups attached to an aromatic ring is 1. The zero-order valence-corrected chi connectivity index (χ0v) is 10.8. The molecule has 0 aromatic carbocycles. The number of nitrogens with two attached hydrogens (primary N) is 1. The molecule has 8 nitrogen and oxygen atoms in total. The predicted molar refractivity (Wildman–Crippen MR) is 61.8 cm³/mol. The highest BCUT2D eigenvalue weighted by molar-refractivity contribution is 7.99. The summed E-state index contributed by atoms with van der Waals surface area (Å²) >= 11 is 0.874. The van der Waals surface area contributed by atoms with Crippen molar-refractivity contribution >= 4 is 27.6 Å². The number of hydrogen-bond donors (Lipinski definition) is 2. The van der Waals surface area contributed by atoms with Crippen molar-refractivity contribution in [2.24, 2.45) is 0 Å². The number of carbonyl (C=O) groups is 1. The molecule has 0 spiro atoms. The van der Waals surface area contributed by atoms with Gasteiger partial charge in [0.05, 0.1) is 5.75 Å². The standard InChI is InChI=1S/C7H12N4O4S2/c1-4(17(2,14)15)6-9-10-7(11(6)8)16-3-5(12)13/h4H,3,8H2,1-2H3,(H,12,13). The highest BCUT2D eigenvalue weighted by Gasteiger charge is 2.24. The minimum Gasteiger partial charge on any atom is -0.481 e. The summed E-state index contributed by atoms with van der Waals surface area (Å²) in [6.07, 6.45) is 1.07. The van der Waals surface area contributed by atoms with E-state index in [1.165, 1.54) is 6.92 Å². The molecule has 1 unspecified atom stereocenters. The third-order valence-corrected chi connectivity index (χ3v) is 4.44. The van der Waals surface area contributed by atoms with Gasteiger partial charge in [-0.2, -0.15) is 0 Å². The van der Waals surface area contributed by atoms with Gasteiger partial charge in [-0.1, -0.05) is 11.8 Å². The summed E-state index contributed by atoms with van der Waals surface area (Å²) in [4.78, 5) is 10.4. The summed E-state index contributed by atoms with van der Waals surface area (Å²) in [5.74, 6) is 4.45. The van der Waals surface area contributed by atoms with Gasteiger partial charge in [-0.3, -0.25) is 4.79 Å². The van der Waals surface area contributed by atoms with Crippen LogP contribution in [0.2, 0.25) is 0 Å². The van der Waals surface area contributed by atoms with Crippen LogP contribution in [-0.4, -0.2) is 46.4 Å². The maximum atomic E-state index is 11.3. The van der Waals surface area contributed by atoms with E-state index in [1.54, 1.807) is 0 Å². The molecular weight excluding hydrogens is 268 g/mol. The molecule has 1 aromatic rings. The molecule has 1 rings (SSSR count). The van der Waals surface area contributed by atoms with Gasteiger partial charge < -0.3 is 10.9 Å².